The number of fused-ring (bicyclic) bond motifs is 4. The summed E-state index contributed by atoms with van der Waals surface area (Å²) in [6.45, 7) is 0.686. The van der Waals surface area contributed by atoms with Gasteiger partial charge in [-0.25, -0.2) is 19.2 Å². The van der Waals surface area contributed by atoms with Crippen molar-refractivity contribution in [3.63, 3.8) is 0 Å². The predicted octanol–water partition coefficient (Wildman–Crippen LogP) is 2.80. The molecule has 48 heavy (non-hydrogen) atoms. The van der Waals surface area contributed by atoms with Crippen molar-refractivity contribution in [2.24, 2.45) is 16.6 Å². The Morgan fingerprint density at radius 2 is 1.73 bits per heavy atom. The highest BCUT2D eigenvalue weighted by Gasteiger charge is 2.52. The van der Waals surface area contributed by atoms with Crippen molar-refractivity contribution in [3.8, 4) is 0 Å². The lowest BCUT2D eigenvalue weighted by atomic mass is 9.54. The maximum Gasteiger partial charge on any atom is 0.353 e. The number of nitrogens with zero attached hydrogens (tertiary/aromatic N) is 3. The number of nitrogens with two attached hydrogens (primary N) is 2. The molecule has 0 spiro atoms. The van der Waals surface area contributed by atoms with Crippen LogP contribution < -0.4 is 33.0 Å². The zero-order chi connectivity index (χ0) is 33.2. The van der Waals surface area contributed by atoms with Crippen molar-refractivity contribution in [2.75, 3.05) is 24.7 Å². The van der Waals surface area contributed by atoms with Crippen molar-refractivity contribution in [2.45, 2.75) is 59.0 Å². The van der Waals surface area contributed by atoms with Gasteiger partial charge in [-0.2, -0.15) is 0 Å². The fraction of sp³-hybridized carbons (Fsp3) is 0.406. The Labute approximate surface area is 281 Å². The number of aromatic nitrogens is 3. The van der Waals surface area contributed by atoms with Gasteiger partial charge in [0.1, 0.15) is 28.6 Å². The Morgan fingerprint density at radius 3 is 2.31 bits per heavy atom. The van der Waals surface area contributed by atoms with Gasteiger partial charge < -0.3 is 31.9 Å². The standard InChI is InChI=1S/C20H15FN6O5.C11H19NO2.CH4.ClH/c21-11-2-1-9(5-10(11)8-24-15-14(22)16(28)17(15)29)7-25-18(30)12-6-13(19(31)32)27-4-3-23-20(27)26-12;1-14-9(13)11-5-2-10(8-12,3-6-11)4-7-11;;/h1-6,24H,7-8,22H2,(H,25,30)(H,31,32);2-8,12H2,1H3;1H4;1H. The van der Waals surface area contributed by atoms with Gasteiger partial charge in [0.05, 0.1) is 12.5 Å². The van der Waals surface area contributed by atoms with E-state index in [1.165, 1.54) is 42.1 Å². The molecule has 0 atom stereocenters. The van der Waals surface area contributed by atoms with Gasteiger partial charge in [-0.15, -0.1) is 12.4 Å². The van der Waals surface area contributed by atoms with E-state index in [0.29, 0.717) is 11.0 Å². The number of esters is 1. The fourth-order valence-corrected chi connectivity index (χ4v) is 6.19. The Kier molecular flexibility index (Phi) is 11.7. The number of anilines is 2. The number of ether oxygens (including phenoxy) is 1. The van der Waals surface area contributed by atoms with Crippen LogP contribution in [0.2, 0.25) is 0 Å². The Balaban J connectivity index is 0.000000329. The summed E-state index contributed by atoms with van der Waals surface area (Å²) in [5, 5.41) is 14.6. The molecule has 3 aliphatic rings. The second kappa shape index (κ2) is 14.9. The van der Waals surface area contributed by atoms with Crippen LogP contribution in [0.15, 0.2) is 46.2 Å². The molecule has 2 aromatic carbocycles. The van der Waals surface area contributed by atoms with Crippen molar-refractivity contribution in [3.05, 3.63) is 85.4 Å². The number of hydrogen-bond donors (Lipinski definition) is 5. The summed E-state index contributed by atoms with van der Waals surface area (Å²) in [5.41, 5.74) is 10.1. The van der Waals surface area contributed by atoms with E-state index in [1.54, 1.807) is 0 Å². The molecular weight excluding hydrogens is 649 g/mol. The topological polar surface area (TPSA) is 221 Å². The third kappa shape index (κ3) is 7.16. The first-order valence-corrected chi connectivity index (χ1v) is 14.7. The maximum absolute atomic E-state index is 14.1. The van der Waals surface area contributed by atoms with E-state index in [2.05, 4.69) is 20.6 Å². The number of aromatic carboxylic acids is 1. The lowest BCUT2D eigenvalue weighted by molar-refractivity contribution is -0.162. The molecule has 16 heteroatoms. The summed E-state index contributed by atoms with van der Waals surface area (Å²) >= 11 is 0. The third-order valence-corrected chi connectivity index (χ3v) is 9.25. The molecule has 14 nitrogen and oxygen atoms in total. The van der Waals surface area contributed by atoms with Gasteiger partial charge in [0, 0.05) is 37.1 Å². The average molecular weight is 688 g/mol. The van der Waals surface area contributed by atoms with E-state index in [4.69, 9.17) is 16.2 Å². The van der Waals surface area contributed by atoms with Gasteiger partial charge >= 0.3 is 11.9 Å². The molecule has 0 unspecified atom stereocenters. The number of rotatable bonds is 9. The van der Waals surface area contributed by atoms with Crippen LogP contribution >= 0.6 is 12.4 Å². The Hall–Kier alpha value is -4.89. The molecule has 0 radical (unpaired) electrons. The summed E-state index contributed by atoms with van der Waals surface area (Å²) in [6, 6.07) is 5.25. The van der Waals surface area contributed by atoms with Crippen LogP contribution in [0.25, 0.3) is 5.78 Å². The quantitative estimate of drug-likeness (QED) is 0.127. The molecule has 1 amide bonds. The number of carboxylic acids is 1. The third-order valence-electron chi connectivity index (χ3n) is 9.25. The number of halogens is 2. The second-order valence-corrected chi connectivity index (χ2v) is 11.8. The number of amides is 1. The summed E-state index contributed by atoms with van der Waals surface area (Å²) < 4.78 is 20.3. The van der Waals surface area contributed by atoms with E-state index < -0.39 is 28.6 Å². The molecular formula is C32H39ClFN7O7. The van der Waals surface area contributed by atoms with Crippen LogP contribution in [0.5, 0.6) is 0 Å². The number of carboxylic acid groups (broad SMARTS) is 1. The molecule has 2 aromatic heterocycles. The van der Waals surface area contributed by atoms with Crippen molar-refractivity contribution >= 4 is 47.4 Å². The van der Waals surface area contributed by atoms with Crippen LogP contribution in [0.4, 0.5) is 15.8 Å². The van der Waals surface area contributed by atoms with Crippen LogP contribution in [0.1, 0.15) is 78.1 Å². The Morgan fingerprint density at radius 1 is 1.06 bits per heavy atom. The molecule has 7 rings (SSSR count). The minimum absolute atomic E-state index is 0. The molecule has 0 saturated heterocycles. The number of imidazole rings is 1. The van der Waals surface area contributed by atoms with Crippen LogP contribution in [0, 0.1) is 16.6 Å². The number of carbonyl (C=O) groups is 3. The number of benzene rings is 1. The first kappa shape index (κ1) is 37.6. The minimum atomic E-state index is -1.25. The summed E-state index contributed by atoms with van der Waals surface area (Å²) in [6.07, 6.45) is 9.06. The molecule has 4 aromatic rings. The Bertz CT molecular complexity index is 1880. The number of nitrogen functional groups attached to an aromatic ring is 1. The predicted molar refractivity (Wildman–Crippen MR) is 178 cm³/mol. The van der Waals surface area contributed by atoms with Crippen LogP contribution in [0.3, 0.4) is 0 Å². The smallest absolute Gasteiger partial charge is 0.353 e. The van der Waals surface area contributed by atoms with Crippen molar-refractivity contribution < 1.29 is 28.6 Å². The monoisotopic (exact) mass is 687 g/mol. The largest absolute Gasteiger partial charge is 0.477 e. The molecule has 3 saturated carbocycles. The summed E-state index contributed by atoms with van der Waals surface area (Å²) in [4.78, 5) is 66.2. The fourth-order valence-electron chi connectivity index (χ4n) is 6.19. The van der Waals surface area contributed by atoms with E-state index in [1.807, 2.05) is 0 Å². The highest BCUT2D eigenvalue weighted by Crippen LogP contribution is 2.56. The number of carbonyl (C=O) groups excluding carboxylic acids is 2. The van der Waals surface area contributed by atoms with Gasteiger partial charge in [0.15, 0.2) is 0 Å². The van der Waals surface area contributed by atoms with E-state index >= 15 is 0 Å². The first-order valence-electron chi connectivity index (χ1n) is 14.7. The molecule has 258 valence electrons. The van der Waals surface area contributed by atoms with Gasteiger partial charge in [-0.1, -0.05) is 13.5 Å². The lowest BCUT2D eigenvalue weighted by Crippen LogP contribution is -2.49. The van der Waals surface area contributed by atoms with Gasteiger partial charge in [-0.3, -0.25) is 23.6 Å². The molecule has 7 N–H and O–H groups in total. The van der Waals surface area contributed by atoms with E-state index in [9.17, 15) is 33.5 Å². The van der Waals surface area contributed by atoms with Gasteiger partial charge in [-0.05, 0) is 68.2 Å². The van der Waals surface area contributed by atoms with E-state index in [0.717, 1.165) is 51.1 Å². The zero-order valence-corrected chi connectivity index (χ0v) is 26.3. The van der Waals surface area contributed by atoms with Crippen LogP contribution in [-0.2, 0) is 22.6 Å². The molecule has 3 fully saturated rings. The normalized spacial score (nSPS) is 19.3. The lowest BCUT2D eigenvalue weighted by Gasteiger charge is -2.51. The van der Waals surface area contributed by atoms with Crippen LogP contribution in [-0.4, -0.2) is 51.0 Å². The molecule has 0 aliphatic heterocycles. The van der Waals surface area contributed by atoms with Gasteiger partial charge in [0.2, 0.25) is 5.78 Å². The van der Waals surface area contributed by atoms with Crippen molar-refractivity contribution in [1.29, 1.82) is 0 Å². The first-order chi connectivity index (χ1) is 21.9. The average Bonchev–Trinajstić information content (AvgIpc) is 3.57. The molecule has 2 heterocycles. The number of nitrogens with one attached hydrogen (secondary N) is 2. The summed E-state index contributed by atoms with van der Waals surface area (Å²) in [7, 11) is 1.50. The maximum atomic E-state index is 14.1. The number of methoxy groups -OCH3 is 1. The highest BCUT2D eigenvalue weighted by molar-refractivity contribution is 5.95. The highest BCUT2D eigenvalue weighted by atomic mass is 35.5. The summed E-state index contributed by atoms with van der Waals surface area (Å²) in [5.74, 6) is -2.38. The molecule has 2 bridgehead atoms. The second-order valence-electron chi connectivity index (χ2n) is 11.8. The van der Waals surface area contributed by atoms with Gasteiger partial charge in [0.25, 0.3) is 16.8 Å². The molecule has 3 aliphatic carbocycles. The number of hydrogen-bond acceptors (Lipinski definition) is 11. The van der Waals surface area contributed by atoms with Crippen molar-refractivity contribution in [1.82, 2.24) is 19.7 Å². The minimum Gasteiger partial charge on any atom is -0.477 e. The zero-order valence-electron chi connectivity index (χ0n) is 25.5. The SMILES string of the molecule is C.COC(=O)C12CCC(CN)(CC1)CC2.Cl.Nc1c(NCc2cc(CNC(=O)c3cc(C(=O)O)n4ccnc4n3)ccc2F)c(=O)c1=O. The van der Waals surface area contributed by atoms with E-state index in [-0.39, 0.29) is 78.4 Å².